The summed E-state index contributed by atoms with van der Waals surface area (Å²) < 4.78 is 5.35. The molecule has 0 spiro atoms. The number of piperidine rings is 1. The molecule has 2 aliphatic rings. The summed E-state index contributed by atoms with van der Waals surface area (Å²) in [6, 6.07) is 20.2. The SMILES string of the molecule is COc1ccc2c(NC3CCN(Cc4cc5ccccc5cc4C4CC4)CC3)nncc2c1. The van der Waals surface area contributed by atoms with Crippen LogP contribution in [0, 0.1) is 0 Å². The van der Waals surface area contributed by atoms with Crippen molar-refractivity contribution in [1.82, 2.24) is 15.1 Å². The summed E-state index contributed by atoms with van der Waals surface area (Å²) in [6.45, 7) is 3.25. The highest BCUT2D eigenvalue weighted by molar-refractivity contribution is 5.92. The predicted molar refractivity (Wildman–Crippen MR) is 134 cm³/mol. The predicted octanol–water partition coefficient (Wildman–Crippen LogP) is 5.75. The van der Waals surface area contributed by atoms with Gasteiger partial charge in [-0.25, -0.2) is 0 Å². The number of likely N-dealkylation sites (tertiary alicyclic amines) is 1. The Labute approximate surface area is 194 Å². The van der Waals surface area contributed by atoms with Crippen LogP contribution < -0.4 is 10.1 Å². The lowest BCUT2D eigenvalue weighted by molar-refractivity contribution is 0.211. The summed E-state index contributed by atoms with van der Waals surface area (Å²) in [5.41, 5.74) is 3.10. The fourth-order valence-electron chi connectivity index (χ4n) is 5.19. The number of nitrogens with zero attached hydrogens (tertiary/aromatic N) is 3. The zero-order chi connectivity index (χ0) is 22.2. The summed E-state index contributed by atoms with van der Waals surface area (Å²) in [7, 11) is 1.69. The molecule has 2 heterocycles. The lowest BCUT2D eigenvalue weighted by Gasteiger charge is -2.33. The van der Waals surface area contributed by atoms with Gasteiger partial charge in [0.25, 0.3) is 0 Å². The molecule has 1 N–H and O–H groups in total. The minimum Gasteiger partial charge on any atom is -0.497 e. The first-order valence-electron chi connectivity index (χ1n) is 12.1. The average molecular weight is 439 g/mol. The number of aromatic nitrogens is 2. The zero-order valence-corrected chi connectivity index (χ0v) is 19.1. The van der Waals surface area contributed by atoms with Crippen molar-refractivity contribution in [3.8, 4) is 5.75 Å². The standard InChI is InChI=1S/C28H30N4O/c1-33-25-8-9-26-22(15-25)17-29-31-28(26)30-24-10-12-32(13-11-24)18-23-14-20-4-2-3-5-21(20)16-27(23)19-6-7-19/h2-5,8-9,14-17,19,24H,6-7,10-13,18H2,1H3,(H,30,31). The molecule has 4 aromatic rings. The van der Waals surface area contributed by atoms with Gasteiger partial charge in [-0.15, -0.1) is 5.10 Å². The molecule has 33 heavy (non-hydrogen) atoms. The first kappa shape index (κ1) is 20.4. The van der Waals surface area contributed by atoms with Gasteiger partial charge in [0, 0.05) is 36.4 Å². The molecule has 5 nitrogen and oxygen atoms in total. The molecule has 1 saturated carbocycles. The fourth-order valence-corrected chi connectivity index (χ4v) is 5.19. The molecule has 2 fully saturated rings. The Morgan fingerprint density at radius 2 is 1.73 bits per heavy atom. The van der Waals surface area contributed by atoms with Crippen LogP contribution >= 0.6 is 0 Å². The van der Waals surface area contributed by atoms with Crippen LogP contribution in [0.2, 0.25) is 0 Å². The second-order valence-corrected chi connectivity index (χ2v) is 9.51. The zero-order valence-electron chi connectivity index (χ0n) is 19.1. The van der Waals surface area contributed by atoms with E-state index < -0.39 is 0 Å². The number of fused-ring (bicyclic) bond motifs is 2. The molecule has 1 saturated heterocycles. The highest BCUT2D eigenvalue weighted by Crippen LogP contribution is 2.43. The molecule has 0 atom stereocenters. The minimum absolute atomic E-state index is 0.419. The normalized spacial score (nSPS) is 17.5. The summed E-state index contributed by atoms with van der Waals surface area (Å²) in [4.78, 5) is 2.62. The van der Waals surface area contributed by atoms with Gasteiger partial charge in [0.15, 0.2) is 5.82 Å². The van der Waals surface area contributed by atoms with E-state index in [9.17, 15) is 0 Å². The first-order chi connectivity index (χ1) is 16.3. The van der Waals surface area contributed by atoms with E-state index in [4.69, 9.17) is 4.74 Å². The van der Waals surface area contributed by atoms with Crippen LogP contribution in [0.4, 0.5) is 5.82 Å². The van der Waals surface area contributed by atoms with Gasteiger partial charge in [-0.3, -0.25) is 4.90 Å². The number of hydrogen-bond donors (Lipinski definition) is 1. The third-order valence-corrected chi connectivity index (χ3v) is 7.22. The molecule has 0 radical (unpaired) electrons. The summed E-state index contributed by atoms with van der Waals surface area (Å²) in [6.07, 6.45) is 6.71. The molecule has 1 aliphatic carbocycles. The summed E-state index contributed by atoms with van der Waals surface area (Å²) in [5.74, 6) is 2.49. The molecular weight excluding hydrogens is 408 g/mol. The van der Waals surface area contributed by atoms with Gasteiger partial charge >= 0.3 is 0 Å². The van der Waals surface area contributed by atoms with Crippen molar-refractivity contribution in [2.24, 2.45) is 0 Å². The molecule has 0 unspecified atom stereocenters. The van der Waals surface area contributed by atoms with Gasteiger partial charge in [0.2, 0.25) is 0 Å². The lowest BCUT2D eigenvalue weighted by atomic mass is 9.96. The van der Waals surface area contributed by atoms with E-state index in [1.807, 2.05) is 12.1 Å². The molecular formula is C28H30N4O. The molecule has 0 bridgehead atoms. The van der Waals surface area contributed by atoms with Crippen molar-refractivity contribution in [3.05, 3.63) is 71.9 Å². The van der Waals surface area contributed by atoms with Crippen LogP contribution in [0.25, 0.3) is 21.5 Å². The second-order valence-electron chi connectivity index (χ2n) is 9.51. The molecule has 0 amide bonds. The molecule has 1 aromatic heterocycles. The van der Waals surface area contributed by atoms with E-state index in [0.29, 0.717) is 6.04 Å². The number of anilines is 1. The van der Waals surface area contributed by atoms with E-state index in [-0.39, 0.29) is 0 Å². The smallest absolute Gasteiger partial charge is 0.156 e. The fraction of sp³-hybridized carbons (Fsp3) is 0.357. The van der Waals surface area contributed by atoms with Crippen LogP contribution in [-0.2, 0) is 6.54 Å². The van der Waals surface area contributed by atoms with Crippen LogP contribution in [-0.4, -0.2) is 41.3 Å². The van der Waals surface area contributed by atoms with Gasteiger partial charge in [-0.05, 0) is 77.8 Å². The highest BCUT2D eigenvalue weighted by Gasteiger charge is 2.28. The maximum absolute atomic E-state index is 5.35. The van der Waals surface area contributed by atoms with Gasteiger partial charge in [0.05, 0.1) is 13.3 Å². The van der Waals surface area contributed by atoms with Crippen molar-refractivity contribution >= 4 is 27.4 Å². The highest BCUT2D eigenvalue weighted by atomic mass is 16.5. The van der Waals surface area contributed by atoms with E-state index >= 15 is 0 Å². The Morgan fingerprint density at radius 3 is 2.48 bits per heavy atom. The van der Waals surface area contributed by atoms with Crippen LogP contribution in [0.1, 0.15) is 42.7 Å². The van der Waals surface area contributed by atoms with Crippen molar-refractivity contribution in [2.45, 2.75) is 44.2 Å². The van der Waals surface area contributed by atoms with Crippen molar-refractivity contribution < 1.29 is 4.74 Å². The topological polar surface area (TPSA) is 50.3 Å². The number of benzene rings is 3. The Bertz CT molecular complexity index is 1290. The quantitative estimate of drug-likeness (QED) is 0.416. The number of nitrogens with one attached hydrogen (secondary N) is 1. The van der Waals surface area contributed by atoms with Gasteiger partial charge < -0.3 is 10.1 Å². The van der Waals surface area contributed by atoms with Crippen LogP contribution in [0.15, 0.2) is 60.8 Å². The Morgan fingerprint density at radius 1 is 0.939 bits per heavy atom. The second kappa shape index (κ2) is 8.64. The van der Waals surface area contributed by atoms with Crippen LogP contribution in [0.3, 0.4) is 0 Å². The van der Waals surface area contributed by atoms with Crippen molar-refractivity contribution in [3.63, 3.8) is 0 Å². The molecule has 5 heteroatoms. The largest absolute Gasteiger partial charge is 0.497 e. The summed E-state index contributed by atoms with van der Waals surface area (Å²) >= 11 is 0. The number of hydrogen-bond acceptors (Lipinski definition) is 5. The third-order valence-electron chi connectivity index (χ3n) is 7.22. The van der Waals surface area contributed by atoms with Gasteiger partial charge in [0.1, 0.15) is 5.75 Å². The van der Waals surface area contributed by atoms with Crippen molar-refractivity contribution in [2.75, 3.05) is 25.5 Å². The molecule has 1 aliphatic heterocycles. The maximum Gasteiger partial charge on any atom is 0.156 e. The van der Waals surface area contributed by atoms with E-state index in [0.717, 1.165) is 60.7 Å². The van der Waals surface area contributed by atoms with E-state index in [2.05, 4.69) is 62.9 Å². The Balaban J connectivity index is 1.14. The lowest BCUT2D eigenvalue weighted by Crippen LogP contribution is -2.39. The average Bonchev–Trinajstić information content (AvgIpc) is 3.70. The number of rotatable bonds is 6. The number of ether oxygens (including phenoxy) is 1. The summed E-state index contributed by atoms with van der Waals surface area (Å²) in [5, 5.41) is 17.1. The van der Waals surface area contributed by atoms with E-state index in [1.54, 1.807) is 18.9 Å². The van der Waals surface area contributed by atoms with Gasteiger partial charge in [-0.2, -0.15) is 5.10 Å². The molecule has 6 rings (SSSR count). The monoisotopic (exact) mass is 438 g/mol. The van der Waals surface area contributed by atoms with E-state index in [1.165, 1.54) is 29.2 Å². The molecule has 168 valence electrons. The van der Waals surface area contributed by atoms with Crippen molar-refractivity contribution in [1.29, 1.82) is 0 Å². The Hall–Kier alpha value is -3.18. The van der Waals surface area contributed by atoms with Crippen LogP contribution in [0.5, 0.6) is 5.75 Å². The number of methoxy groups -OCH3 is 1. The van der Waals surface area contributed by atoms with Gasteiger partial charge in [-0.1, -0.05) is 30.3 Å². The third kappa shape index (κ3) is 4.25. The molecule has 3 aromatic carbocycles. The Kier molecular flexibility index (Phi) is 5.35. The minimum atomic E-state index is 0.419. The maximum atomic E-state index is 5.35. The first-order valence-corrected chi connectivity index (χ1v) is 12.1.